The highest BCUT2D eigenvalue weighted by Crippen LogP contribution is 2.23. The Kier molecular flexibility index (Phi) is 4.06. The topological polar surface area (TPSA) is 63.3 Å². The van der Waals surface area contributed by atoms with E-state index in [2.05, 4.69) is 15.5 Å². The first-order chi connectivity index (χ1) is 8.56. The highest BCUT2D eigenvalue weighted by Gasteiger charge is 2.02. The number of hydrogen-bond donors (Lipinski definition) is 2. The minimum absolute atomic E-state index is 0.470. The molecule has 0 unspecified atom stereocenters. The maximum Gasteiger partial charge on any atom is 0.205 e. The zero-order valence-corrected chi connectivity index (χ0v) is 11.8. The number of nitrogens with two attached hydrogens (primary N) is 1. The van der Waals surface area contributed by atoms with Crippen LogP contribution in [-0.4, -0.2) is 11.2 Å². The van der Waals surface area contributed by atoms with E-state index >= 15 is 0 Å². The molecular formula is C11H10Cl2N4S. The molecule has 0 saturated carbocycles. The van der Waals surface area contributed by atoms with Crippen molar-refractivity contribution >= 4 is 51.7 Å². The number of anilines is 2. The first-order valence-corrected chi connectivity index (χ1v) is 6.65. The maximum atomic E-state index is 6.05. The highest BCUT2D eigenvalue weighted by atomic mass is 35.5. The van der Waals surface area contributed by atoms with Crippen LogP contribution < -0.4 is 11.2 Å². The van der Waals surface area contributed by atoms with Crippen LogP contribution in [0.1, 0.15) is 11.1 Å². The van der Waals surface area contributed by atoms with Crippen molar-refractivity contribution in [2.45, 2.75) is 6.92 Å². The van der Waals surface area contributed by atoms with Crippen LogP contribution in [0, 0.1) is 6.92 Å². The molecule has 0 fully saturated rings. The molecule has 0 aliphatic carbocycles. The summed E-state index contributed by atoms with van der Waals surface area (Å²) in [5.74, 6) is 0.470. The molecule has 1 heterocycles. The van der Waals surface area contributed by atoms with Crippen molar-refractivity contribution in [3.05, 3.63) is 38.7 Å². The van der Waals surface area contributed by atoms with Crippen LogP contribution in [0.3, 0.4) is 0 Å². The number of aryl methyl sites for hydroxylation is 1. The molecular weight excluding hydrogens is 291 g/mol. The quantitative estimate of drug-likeness (QED) is 0.669. The Morgan fingerprint density at radius 1 is 1.39 bits per heavy atom. The molecule has 0 amide bonds. The van der Waals surface area contributed by atoms with Crippen LogP contribution in [-0.2, 0) is 0 Å². The fourth-order valence-electron chi connectivity index (χ4n) is 1.27. The Hall–Kier alpha value is -1.30. The predicted molar refractivity (Wildman–Crippen MR) is 78.9 cm³/mol. The number of halogens is 2. The van der Waals surface area contributed by atoms with E-state index < -0.39 is 0 Å². The number of nitrogens with zero attached hydrogens (tertiary/aromatic N) is 2. The first kappa shape index (κ1) is 13.1. The molecule has 0 bridgehead atoms. The number of hydrazone groups is 1. The average molecular weight is 301 g/mol. The van der Waals surface area contributed by atoms with Crippen LogP contribution in [0.15, 0.2) is 22.6 Å². The molecule has 4 nitrogen and oxygen atoms in total. The molecule has 2 aromatic rings. The molecule has 0 aliphatic rings. The van der Waals surface area contributed by atoms with E-state index in [9.17, 15) is 0 Å². The third-order valence-corrected chi connectivity index (χ3v) is 3.66. The summed E-state index contributed by atoms with van der Waals surface area (Å²) < 4.78 is 0. The highest BCUT2D eigenvalue weighted by molar-refractivity contribution is 7.14. The lowest BCUT2D eigenvalue weighted by atomic mass is 10.1. The van der Waals surface area contributed by atoms with Crippen molar-refractivity contribution in [1.82, 2.24) is 4.98 Å². The predicted octanol–water partition coefficient (Wildman–Crippen LogP) is 3.79. The number of benzene rings is 1. The largest absolute Gasteiger partial charge is 0.383 e. The van der Waals surface area contributed by atoms with Gasteiger partial charge in [0.25, 0.3) is 0 Å². The van der Waals surface area contributed by atoms with Crippen molar-refractivity contribution in [2.75, 3.05) is 11.2 Å². The SMILES string of the molecule is Cc1cc(C=NNc2nc(N)cs2)c(Cl)cc1Cl. The fourth-order valence-corrected chi connectivity index (χ4v) is 2.25. The summed E-state index contributed by atoms with van der Waals surface area (Å²) in [6, 6.07) is 3.56. The van der Waals surface area contributed by atoms with Gasteiger partial charge in [-0.05, 0) is 24.6 Å². The lowest BCUT2D eigenvalue weighted by Gasteiger charge is -2.02. The van der Waals surface area contributed by atoms with Crippen molar-refractivity contribution in [1.29, 1.82) is 0 Å². The van der Waals surface area contributed by atoms with Crippen molar-refractivity contribution in [2.24, 2.45) is 5.10 Å². The lowest BCUT2D eigenvalue weighted by molar-refractivity contribution is 1.29. The van der Waals surface area contributed by atoms with Crippen LogP contribution in [0.5, 0.6) is 0 Å². The Balaban J connectivity index is 2.11. The summed E-state index contributed by atoms with van der Waals surface area (Å²) in [6.45, 7) is 1.91. The minimum atomic E-state index is 0.470. The van der Waals surface area contributed by atoms with Gasteiger partial charge in [0, 0.05) is 16.0 Å². The van der Waals surface area contributed by atoms with Gasteiger partial charge in [-0.15, -0.1) is 11.3 Å². The van der Waals surface area contributed by atoms with Gasteiger partial charge in [0.05, 0.1) is 11.2 Å². The molecule has 3 N–H and O–H groups in total. The Morgan fingerprint density at radius 3 is 2.83 bits per heavy atom. The number of thiazole rings is 1. The number of hydrogen-bond acceptors (Lipinski definition) is 5. The molecule has 0 radical (unpaired) electrons. The third-order valence-electron chi connectivity index (χ3n) is 2.16. The van der Waals surface area contributed by atoms with Gasteiger partial charge < -0.3 is 5.73 Å². The second kappa shape index (κ2) is 5.56. The monoisotopic (exact) mass is 300 g/mol. The average Bonchev–Trinajstić information content (AvgIpc) is 2.71. The van der Waals surface area contributed by atoms with E-state index in [-0.39, 0.29) is 0 Å². The molecule has 94 valence electrons. The van der Waals surface area contributed by atoms with Gasteiger partial charge in [-0.2, -0.15) is 5.10 Å². The van der Waals surface area contributed by atoms with E-state index in [1.165, 1.54) is 11.3 Å². The summed E-state index contributed by atoms with van der Waals surface area (Å²) in [4.78, 5) is 4.01. The van der Waals surface area contributed by atoms with Crippen molar-refractivity contribution in [3.63, 3.8) is 0 Å². The first-order valence-electron chi connectivity index (χ1n) is 5.02. The van der Waals surface area contributed by atoms with Gasteiger partial charge in [-0.25, -0.2) is 4.98 Å². The molecule has 2 rings (SSSR count). The van der Waals surface area contributed by atoms with Crippen LogP contribution in [0.4, 0.5) is 10.9 Å². The van der Waals surface area contributed by atoms with Gasteiger partial charge in [0.15, 0.2) is 0 Å². The molecule has 0 saturated heterocycles. The van der Waals surface area contributed by atoms with Gasteiger partial charge in [0.2, 0.25) is 5.13 Å². The fraction of sp³-hybridized carbons (Fsp3) is 0.0909. The second-order valence-electron chi connectivity index (χ2n) is 3.57. The number of aromatic nitrogens is 1. The summed E-state index contributed by atoms with van der Waals surface area (Å²) in [5.41, 5.74) is 10.0. The van der Waals surface area contributed by atoms with Crippen LogP contribution in [0.25, 0.3) is 0 Å². The number of rotatable bonds is 3. The Bertz CT molecular complexity index is 595. The molecule has 0 atom stereocenters. The zero-order valence-electron chi connectivity index (χ0n) is 9.45. The summed E-state index contributed by atoms with van der Waals surface area (Å²) in [6.07, 6.45) is 1.61. The maximum absolute atomic E-state index is 6.05. The molecule has 7 heteroatoms. The Labute approximate surface area is 118 Å². The minimum Gasteiger partial charge on any atom is -0.383 e. The summed E-state index contributed by atoms with van der Waals surface area (Å²) in [5, 5.41) is 7.60. The molecule has 1 aromatic carbocycles. The molecule has 0 aliphatic heterocycles. The number of nitrogens with one attached hydrogen (secondary N) is 1. The van der Waals surface area contributed by atoms with Crippen molar-refractivity contribution in [3.8, 4) is 0 Å². The lowest BCUT2D eigenvalue weighted by Crippen LogP contribution is -1.92. The standard InChI is InChI=1S/C11H10Cl2N4S/c1-6-2-7(9(13)3-8(6)12)4-15-17-11-16-10(14)5-18-11/h2-5H,14H2,1H3,(H,16,17). The van der Waals surface area contributed by atoms with E-state index in [4.69, 9.17) is 28.9 Å². The van der Waals surface area contributed by atoms with Gasteiger partial charge in [-0.1, -0.05) is 23.2 Å². The van der Waals surface area contributed by atoms with Crippen molar-refractivity contribution < 1.29 is 0 Å². The van der Waals surface area contributed by atoms with Gasteiger partial charge in [-0.3, -0.25) is 5.43 Å². The molecule has 0 spiro atoms. The smallest absolute Gasteiger partial charge is 0.205 e. The van der Waals surface area contributed by atoms with Gasteiger partial charge in [0.1, 0.15) is 5.82 Å². The zero-order chi connectivity index (χ0) is 13.1. The molecule has 1 aromatic heterocycles. The summed E-state index contributed by atoms with van der Waals surface area (Å²) >= 11 is 13.4. The Morgan fingerprint density at radius 2 is 2.17 bits per heavy atom. The molecule has 18 heavy (non-hydrogen) atoms. The van der Waals surface area contributed by atoms with E-state index in [1.54, 1.807) is 17.7 Å². The van der Waals surface area contributed by atoms with Gasteiger partial charge >= 0.3 is 0 Å². The van der Waals surface area contributed by atoms with Crippen LogP contribution in [0.2, 0.25) is 10.0 Å². The number of nitrogen functional groups attached to an aromatic ring is 1. The van der Waals surface area contributed by atoms with E-state index in [0.717, 1.165) is 11.1 Å². The van der Waals surface area contributed by atoms with E-state index in [0.29, 0.717) is 21.0 Å². The summed E-state index contributed by atoms with van der Waals surface area (Å²) in [7, 11) is 0. The van der Waals surface area contributed by atoms with E-state index in [1.807, 2.05) is 13.0 Å². The normalized spacial score (nSPS) is 11.1. The second-order valence-corrected chi connectivity index (χ2v) is 5.24. The van der Waals surface area contributed by atoms with Crippen LogP contribution >= 0.6 is 34.5 Å². The third kappa shape index (κ3) is 3.13.